The van der Waals surface area contributed by atoms with E-state index < -0.39 is 11.8 Å². The van der Waals surface area contributed by atoms with E-state index in [1.54, 1.807) is 0 Å². The van der Waals surface area contributed by atoms with Gasteiger partial charge >= 0.3 is 11.8 Å². The lowest BCUT2D eigenvalue weighted by Crippen LogP contribution is -2.38. The topological polar surface area (TPSA) is 70.7 Å². The molecule has 2 heterocycles. The summed E-state index contributed by atoms with van der Waals surface area (Å²) in [4.78, 5) is 26.3. The number of hydrogen-bond acceptors (Lipinski definition) is 4. The number of carbonyl (C=O) groups is 2. The quantitative estimate of drug-likeness (QED) is 0.817. The van der Waals surface area contributed by atoms with E-state index >= 15 is 0 Å². The molecular weight excluding hydrogens is 342 g/mol. The second kappa shape index (κ2) is 7.80. The zero-order chi connectivity index (χ0) is 18.6. The summed E-state index contributed by atoms with van der Waals surface area (Å²) < 4.78 is 5.27. The summed E-state index contributed by atoms with van der Waals surface area (Å²) in [6.45, 7) is 2.78. The first-order valence-electron chi connectivity index (χ1n) is 9.33. The fraction of sp³-hybridized carbons (Fsp3) is 0.333. The second-order valence-electron chi connectivity index (χ2n) is 6.97. The minimum absolute atomic E-state index is 0.296. The zero-order valence-electron chi connectivity index (χ0n) is 15.1. The van der Waals surface area contributed by atoms with Crippen LogP contribution in [0.15, 0.2) is 48.5 Å². The van der Waals surface area contributed by atoms with Crippen LogP contribution in [0.2, 0.25) is 0 Å². The highest BCUT2D eigenvalue weighted by Crippen LogP contribution is 2.34. The minimum Gasteiger partial charge on any atom is -0.381 e. The van der Waals surface area contributed by atoms with E-state index in [4.69, 9.17) is 4.74 Å². The summed E-state index contributed by atoms with van der Waals surface area (Å²) in [5.74, 6) is -0.961. The molecule has 6 nitrogen and oxygen atoms in total. The van der Waals surface area contributed by atoms with Gasteiger partial charge in [-0.3, -0.25) is 9.59 Å². The van der Waals surface area contributed by atoms with Crippen molar-refractivity contribution < 1.29 is 14.3 Å². The molecule has 6 heteroatoms. The molecule has 0 aliphatic carbocycles. The van der Waals surface area contributed by atoms with E-state index in [2.05, 4.69) is 33.7 Å². The first-order chi connectivity index (χ1) is 13.2. The van der Waals surface area contributed by atoms with Gasteiger partial charge in [0, 0.05) is 42.7 Å². The second-order valence-corrected chi connectivity index (χ2v) is 6.97. The Morgan fingerprint density at radius 2 is 1.89 bits per heavy atom. The summed E-state index contributed by atoms with van der Waals surface area (Å²) >= 11 is 0. The number of ether oxygens (including phenoxy) is 1. The van der Waals surface area contributed by atoms with Crippen LogP contribution >= 0.6 is 0 Å². The van der Waals surface area contributed by atoms with Crippen molar-refractivity contribution in [3.63, 3.8) is 0 Å². The van der Waals surface area contributed by atoms with Crippen LogP contribution in [-0.4, -0.2) is 38.1 Å². The molecular formula is C21H23N3O3. The largest absolute Gasteiger partial charge is 0.381 e. The van der Waals surface area contributed by atoms with Crippen LogP contribution in [0.1, 0.15) is 12.0 Å². The molecule has 4 rings (SSSR count). The minimum atomic E-state index is -0.645. The highest BCUT2D eigenvalue weighted by molar-refractivity contribution is 6.39. The van der Waals surface area contributed by atoms with Gasteiger partial charge in [0.05, 0.1) is 6.61 Å². The number of nitrogens with zero attached hydrogens (tertiary/aromatic N) is 1. The van der Waals surface area contributed by atoms with Gasteiger partial charge in [-0.05, 0) is 48.7 Å². The maximum atomic E-state index is 12.1. The van der Waals surface area contributed by atoms with E-state index in [-0.39, 0.29) is 0 Å². The van der Waals surface area contributed by atoms with E-state index in [1.807, 2.05) is 30.3 Å². The third-order valence-electron chi connectivity index (χ3n) is 5.11. The van der Waals surface area contributed by atoms with Crippen LogP contribution in [0.5, 0.6) is 0 Å². The third kappa shape index (κ3) is 3.95. The zero-order valence-corrected chi connectivity index (χ0v) is 15.1. The van der Waals surface area contributed by atoms with Crippen molar-refractivity contribution >= 4 is 28.9 Å². The van der Waals surface area contributed by atoms with Gasteiger partial charge in [0.1, 0.15) is 0 Å². The lowest BCUT2D eigenvalue weighted by molar-refractivity contribution is -0.136. The molecule has 2 aliphatic rings. The number of amides is 2. The summed E-state index contributed by atoms with van der Waals surface area (Å²) in [7, 11) is 0. The van der Waals surface area contributed by atoms with Gasteiger partial charge in [-0.25, -0.2) is 0 Å². The summed E-state index contributed by atoms with van der Waals surface area (Å²) in [5.41, 5.74) is 4.25. The average molecular weight is 365 g/mol. The number of benzene rings is 2. The number of nitrogens with one attached hydrogen (secondary N) is 2. The molecule has 1 saturated heterocycles. The lowest BCUT2D eigenvalue weighted by Gasteiger charge is -2.20. The van der Waals surface area contributed by atoms with Gasteiger partial charge in [-0.15, -0.1) is 0 Å². The van der Waals surface area contributed by atoms with Crippen molar-refractivity contribution in [1.82, 2.24) is 5.32 Å². The Hall–Kier alpha value is -2.86. The third-order valence-corrected chi connectivity index (χ3v) is 5.11. The molecule has 2 amide bonds. The van der Waals surface area contributed by atoms with Gasteiger partial charge in [0.15, 0.2) is 0 Å². The number of rotatable bonds is 4. The summed E-state index contributed by atoms with van der Waals surface area (Å²) in [5, 5.41) is 5.33. The van der Waals surface area contributed by atoms with Crippen LogP contribution in [0.25, 0.3) is 0 Å². The van der Waals surface area contributed by atoms with Crippen molar-refractivity contribution in [2.45, 2.75) is 12.8 Å². The first-order valence-corrected chi connectivity index (χ1v) is 9.33. The molecule has 0 unspecified atom stereocenters. The predicted octanol–water partition coefficient (Wildman–Crippen LogP) is 2.47. The van der Waals surface area contributed by atoms with Gasteiger partial charge in [0.2, 0.25) is 0 Å². The van der Waals surface area contributed by atoms with Gasteiger partial charge in [0.25, 0.3) is 0 Å². The molecule has 0 spiro atoms. The number of para-hydroxylation sites is 1. The molecule has 140 valence electrons. The lowest BCUT2D eigenvalue weighted by atomic mass is 10.1. The Kier molecular flexibility index (Phi) is 5.07. The number of carbonyl (C=O) groups excluding carboxylic acids is 2. The van der Waals surface area contributed by atoms with E-state index in [0.717, 1.165) is 31.7 Å². The van der Waals surface area contributed by atoms with Crippen LogP contribution in [0.3, 0.4) is 0 Å². The fourth-order valence-electron chi connectivity index (χ4n) is 3.58. The van der Waals surface area contributed by atoms with Crippen molar-refractivity contribution in [2.24, 2.45) is 5.92 Å². The van der Waals surface area contributed by atoms with Crippen molar-refractivity contribution in [3.8, 4) is 0 Å². The number of anilines is 3. The smallest absolute Gasteiger partial charge is 0.313 e. The Morgan fingerprint density at radius 3 is 2.67 bits per heavy atom. The van der Waals surface area contributed by atoms with Crippen LogP contribution in [0, 0.1) is 5.92 Å². The molecule has 0 saturated carbocycles. The Balaban J connectivity index is 1.34. The molecule has 27 heavy (non-hydrogen) atoms. The van der Waals surface area contributed by atoms with E-state index in [9.17, 15) is 9.59 Å². The first kappa shape index (κ1) is 17.5. The van der Waals surface area contributed by atoms with E-state index in [0.29, 0.717) is 24.8 Å². The highest BCUT2D eigenvalue weighted by Gasteiger charge is 2.21. The van der Waals surface area contributed by atoms with Gasteiger partial charge in [-0.2, -0.15) is 0 Å². The maximum Gasteiger partial charge on any atom is 0.313 e. The van der Waals surface area contributed by atoms with Gasteiger partial charge in [-0.1, -0.05) is 18.2 Å². The van der Waals surface area contributed by atoms with Crippen LogP contribution < -0.4 is 15.5 Å². The highest BCUT2D eigenvalue weighted by atomic mass is 16.5. The Morgan fingerprint density at radius 1 is 1.07 bits per heavy atom. The molecule has 0 bridgehead atoms. The van der Waals surface area contributed by atoms with Gasteiger partial charge < -0.3 is 20.3 Å². The fourth-order valence-corrected chi connectivity index (χ4v) is 3.58. The molecule has 2 aromatic rings. The molecule has 2 N–H and O–H groups in total. The monoisotopic (exact) mass is 365 g/mol. The van der Waals surface area contributed by atoms with Crippen molar-refractivity contribution in [1.29, 1.82) is 0 Å². The summed E-state index contributed by atoms with van der Waals surface area (Å²) in [6.07, 6.45) is 1.95. The molecule has 2 aromatic carbocycles. The standard InChI is InChI=1S/C21H23N3O3/c25-20(22-13-15-10-12-27-14-15)21(26)23-17-5-7-18(8-6-17)24-11-9-16-3-1-2-4-19(16)24/h1-8,15H,9-14H2,(H,22,25)(H,23,26)/t15-/m0/s1. The molecule has 1 atom stereocenters. The summed E-state index contributed by atoms with van der Waals surface area (Å²) in [6, 6.07) is 16.0. The number of hydrogen-bond donors (Lipinski definition) is 2. The van der Waals surface area contributed by atoms with E-state index in [1.165, 1.54) is 11.3 Å². The molecule has 1 fully saturated rings. The molecule has 2 aliphatic heterocycles. The normalized spacial score (nSPS) is 18.2. The Labute approximate surface area is 158 Å². The predicted molar refractivity (Wildman–Crippen MR) is 104 cm³/mol. The Bertz CT molecular complexity index is 829. The maximum absolute atomic E-state index is 12.1. The number of fused-ring (bicyclic) bond motifs is 1. The van der Waals surface area contributed by atoms with Crippen molar-refractivity contribution in [3.05, 3.63) is 54.1 Å². The van der Waals surface area contributed by atoms with Crippen LogP contribution in [0.4, 0.5) is 17.1 Å². The SMILES string of the molecule is O=C(NC[C@@H]1CCOC1)C(=O)Nc1ccc(N2CCc3ccccc32)cc1. The molecule has 0 radical (unpaired) electrons. The van der Waals surface area contributed by atoms with Crippen LogP contribution in [-0.2, 0) is 20.7 Å². The van der Waals surface area contributed by atoms with Crippen molar-refractivity contribution in [2.75, 3.05) is 36.5 Å². The average Bonchev–Trinajstić information content (AvgIpc) is 3.36. The molecule has 0 aromatic heterocycles.